The molecule has 1 aromatic rings. The van der Waals surface area contributed by atoms with Crippen LogP contribution in [0.25, 0.3) is 0 Å². The van der Waals surface area contributed by atoms with E-state index in [1.54, 1.807) is 15.8 Å². The number of aryl methyl sites for hydroxylation is 1. The van der Waals surface area contributed by atoms with Crippen LogP contribution in [0.2, 0.25) is 0 Å². The number of β-amino-alcohol motifs (C(OH)–C–C–N with tert-alkyl or cyclic N) is 1. The molecule has 0 aliphatic carbocycles. The summed E-state index contributed by atoms with van der Waals surface area (Å²) in [5.41, 5.74) is 0.349. The van der Waals surface area contributed by atoms with Gasteiger partial charge in [-0.25, -0.2) is 4.79 Å². The van der Waals surface area contributed by atoms with Gasteiger partial charge in [-0.2, -0.15) is 5.10 Å². The van der Waals surface area contributed by atoms with E-state index in [-0.39, 0.29) is 6.09 Å². The standard InChI is InChI=1S/C15H26N4O3/c1-15(2,3)22-14(21)19-7-5-18(6-8-19)11-13(20)12-9-16-17(4)10-12/h9-10,13,20H,5-8,11H2,1-4H3. The Morgan fingerprint density at radius 2 is 2.00 bits per heavy atom. The Morgan fingerprint density at radius 3 is 2.50 bits per heavy atom. The quantitative estimate of drug-likeness (QED) is 0.902. The fourth-order valence-electron chi connectivity index (χ4n) is 2.40. The predicted molar refractivity (Wildman–Crippen MR) is 82.4 cm³/mol. The van der Waals surface area contributed by atoms with Crippen LogP contribution in [-0.4, -0.2) is 69.1 Å². The van der Waals surface area contributed by atoms with E-state index in [9.17, 15) is 9.90 Å². The highest BCUT2D eigenvalue weighted by Gasteiger charge is 2.26. The molecule has 7 heteroatoms. The number of hydrogen-bond donors (Lipinski definition) is 1. The fourth-order valence-corrected chi connectivity index (χ4v) is 2.40. The van der Waals surface area contributed by atoms with Crippen molar-refractivity contribution < 1.29 is 14.6 Å². The zero-order chi connectivity index (χ0) is 16.3. The molecule has 2 rings (SSSR count). The second-order valence-corrected chi connectivity index (χ2v) is 6.73. The molecule has 1 atom stereocenters. The molecule has 1 aromatic heterocycles. The Balaban J connectivity index is 1.78. The van der Waals surface area contributed by atoms with Gasteiger partial charge in [-0.15, -0.1) is 0 Å². The Hall–Kier alpha value is -1.60. The van der Waals surface area contributed by atoms with E-state index in [1.165, 1.54) is 0 Å². The van der Waals surface area contributed by atoms with Crippen LogP contribution in [-0.2, 0) is 11.8 Å². The summed E-state index contributed by atoms with van der Waals surface area (Å²) >= 11 is 0. The first-order valence-electron chi connectivity index (χ1n) is 7.61. The first-order valence-corrected chi connectivity index (χ1v) is 7.61. The first-order chi connectivity index (χ1) is 10.2. The maximum absolute atomic E-state index is 12.0. The van der Waals surface area contributed by atoms with Crippen LogP contribution in [0.1, 0.15) is 32.4 Å². The molecule has 0 radical (unpaired) electrons. The highest BCUT2D eigenvalue weighted by atomic mass is 16.6. The van der Waals surface area contributed by atoms with Crippen LogP contribution >= 0.6 is 0 Å². The van der Waals surface area contributed by atoms with Crippen LogP contribution < -0.4 is 0 Å². The maximum Gasteiger partial charge on any atom is 0.410 e. The predicted octanol–water partition coefficient (Wildman–Crippen LogP) is 1.01. The zero-order valence-electron chi connectivity index (χ0n) is 13.8. The van der Waals surface area contributed by atoms with Gasteiger partial charge in [0.15, 0.2) is 0 Å². The molecule has 1 unspecified atom stereocenters. The number of carbonyl (C=O) groups excluding carboxylic acids is 1. The Labute approximate surface area is 131 Å². The number of piperazine rings is 1. The van der Waals surface area contributed by atoms with Gasteiger partial charge in [-0.05, 0) is 20.8 Å². The van der Waals surface area contributed by atoms with E-state index in [2.05, 4.69) is 10.00 Å². The van der Waals surface area contributed by atoms with Crippen molar-refractivity contribution in [1.82, 2.24) is 19.6 Å². The van der Waals surface area contributed by atoms with Crippen molar-refractivity contribution >= 4 is 6.09 Å². The topological polar surface area (TPSA) is 70.8 Å². The molecule has 22 heavy (non-hydrogen) atoms. The van der Waals surface area contributed by atoms with Crippen LogP contribution in [0.3, 0.4) is 0 Å². The van der Waals surface area contributed by atoms with Gasteiger partial charge in [-0.3, -0.25) is 9.58 Å². The largest absolute Gasteiger partial charge is 0.444 e. The van der Waals surface area contributed by atoms with Gasteiger partial charge in [0, 0.05) is 51.5 Å². The molecule has 1 fully saturated rings. The number of ether oxygens (including phenoxy) is 1. The summed E-state index contributed by atoms with van der Waals surface area (Å²) in [5, 5.41) is 14.3. The molecule has 1 aliphatic heterocycles. The van der Waals surface area contributed by atoms with E-state index in [4.69, 9.17) is 4.74 Å². The van der Waals surface area contributed by atoms with Crippen molar-refractivity contribution in [2.24, 2.45) is 7.05 Å². The normalized spacial score (nSPS) is 18.3. The van der Waals surface area contributed by atoms with Crippen LogP contribution in [0.4, 0.5) is 4.79 Å². The fraction of sp³-hybridized carbons (Fsp3) is 0.733. The second kappa shape index (κ2) is 6.66. The third-order valence-corrected chi connectivity index (χ3v) is 3.56. The zero-order valence-corrected chi connectivity index (χ0v) is 13.8. The van der Waals surface area contributed by atoms with Crippen LogP contribution in [0.5, 0.6) is 0 Å². The SMILES string of the molecule is Cn1cc(C(O)CN2CCN(C(=O)OC(C)(C)C)CC2)cn1. The van der Waals surface area contributed by atoms with Crippen LogP contribution in [0, 0.1) is 0 Å². The van der Waals surface area contributed by atoms with Gasteiger partial charge in [0.25, 0.3) is 0 Å². The summed E-state index contributed by atoms with van der Waals surface area (Å²) in [6, 6.07) is 0. The third kappa shape index (κ3) is 4.71. The third-order valence-electron chi connectivity index (χ3n) is 3.56. The van der Waals surface area contributed by atoms with Crippen molar-refractivity contribution in [3.05, 3.63) is 18.0 Å². The average Bonchev–Trinajstić information content (AvgIpc) is 2.84. The summed E-state index contributed by atoms with van der Waals surface area (Å²) in [4.78, 5) is 15.9. The molecule has 0 saturated carbocycles. The van der Waals surface area contributed by atoms with E-state index >= 15 is 0 Å². The summed E-state index contributed by atoms with van der Waals surface area (Å²) in [5.74, 6) is 0. The number of hydrogen-bond acceptors (Lipinski definition) is 5. The van der Waals surface area contributed by atoms with E-state index in [1.807, 2.05) is 34.0 Å². The highest BCUT2D eigenvalue weighted by molar-refractivity contribution is 5.68. The van der Waals surface area contributed by atoms with Gasteiger partial charge in [0.05, 0.1) is 12.3 Å². The van der Waals surface area contributed by atoms with Crippen molar-refractivity contribution in [3.8, 4) is 0 Å². The molecule has 124 valence electrons. The van der Waals surface area contributed by atoms with E-state index < -0.39 is 11.7 Å². The van der Waals surface area contributed by atoms with Gasteiger partial charge in [0.1, 0.15) is 5.60 Å². The van der Waals surface area contributed by atoms with Crippen molar-refractivity contribution in [2.45, 2.75) is 32.5 Å². The van der Waals surface area contributed by atoms with E-state index in [0.717, 1.165) is 18.7 Å². The minimum absolute atomic E-state index is 0.264. The van der Waals surface area contributed by atoms with Gasteiger partial charge in [-0.1, -0.05) is 0 Å². The number of nitrogens with zero attached hydrogens (tertiary/aromatic N) is 4. The summed E-state index contributed by atoms with van der Waals surface area (Å²) < 4.78 is 7.05. The summed E-state index contributed by atoms with van der Waals surface area (Å²) in [7, 11) is 1.83. The van der Waals surface area contributed by atoms with E-state index in [0.29, 0.717) is 19.6 Å². The monoisotopic (exact) mass is 310 g/mol. The smallest absolute Gasteiger partial charge is 0.410 e. The van der Waals surface area contributed by atoms with Gasteiger partial charge < -0.3 is 14.7 Å². The molecule has 0 spiro atoms. The van der Waals surface area contributed by atoms with Gasteiger partial charge >= 0.3 is 6.09 Å². The lowest BCUT2D eigenvalue weighted by atomic mass is 10.2. The maximum atomic E-state index is 12.0. The molecule has 0 bridgehead atoms. The molecule has 0 aromatic carbocycles. The van der Waals surface area contributed by atoms with Crippen LogP contribution in [0.15, 0.2) is 12.4 Å². The average molecular weight is 310 g/mol. The molecule has 1 aliphatic rings. The number of aromatic nitrogens is 2. The Morgan fingerprint density at radius 1 is 1.36 bits per heavy atom. The second-order valence-electron chi connectivity index (χ2n) is 6.73. The molecule has 7 nitrogen and oxygen atoms in total. The lowest BCUT2D eigenvalue weighted by Gasteiger charge is -2.36. The molecule has 1 N–H and O–H groups in total. The molecular formula is C15H26N4O3. The Bertz CT molecular complexity index is 501. The minimum atomic E-state index is -0.554. The lowest BCUT2D eigenvalue weighted by molar-refractivity contribution is 0.0101. The van der Waals surface area contributed by atoms with Crippen molar-refractivity contribution in [1.29, 1.82) is 0 Å². The number of rotatable bonds is 3. The van der Waals surface area contributed by atoms with Crippen molar-refractivity contribution in [3.63, 3.8) is 0 Å². The Kier molecular flexibility index (Phi) is 5.08. The molecule has 1 amide bonds. The number of amides is 1. The lowest BCUT2D eigenvalue weighted by Crippen LogP contribution is -2.50. The summed E-state index contributed by atoms with van der Waals surface area (Å²) in [6.45, 7) is 8.85. The number of aliphatic hydroxyl groups is 1. The molecule has 1 saturated heterocycles. The molecule has 2 heterocycles. The number of aliphatic hydroxyl groups excluding tert-OH is 1. The highest BCUT2D eigenvalue weighted by Crippen LogP contribution is 2.16. The minimum Gasteiger partial charge on any atom is -0.444 e. The first kappa shape index (κ1) is 16.8. The molecular weight excluding hydrogens is 284 g/mol. The summed E-state index contributed by atoms with van der Waals surface area (Å²) in [6.07, 6.45) is 2.69. The van der Waals surface area contributed by atoms with Gasteiger partial charge in [0.2, 0.25) is 0 Å². The van der Waals surface area contributed by atoms with Crippen molar-refractivity contribution in [2.75, 3.05) is 32.7 Å². The number of carbonyl (C=O) groups is 1.